The molecule has 2 aromatic carbocycles. The van der Waals surface area contributed by atoms with E-state index in [1.54, 1.807) is 0 Å². The number of carbonyl (C=O) groups excluding carboxylic acids is 1. The monoisotopic (exact) mass is 510 g/mol. The minimum absolute atomic E-state index is 0.0523. The SMILES string of the molecule is CN(C(=O)c1cc(C(F)(F)F)cc(C(F)(F)F)c1)[C@@H]1CCN(C(=O)O)C[C@H]1c1ccc(F)c(F)c1. The number of nitrogens with zero attached hydrogens (tertiary/aromatic N) is 2. The molecule has 0 spiro atoms. The van der Waals surface area contributed by atoms with E-state index in [1.807, 2.05) is 0 Å². The molecule has 0 unspecified atom stereocenters. The van der Waals surface area contributed by atoms with Crippen LogP contribution in [0.25, 0.3) is 0 Å². The first-order valence-electron chi connectivity index (χ1n) is 10.1. The molecule has 2 amide bonds. The van der Waals surface area contributed by atoms with Crippen LogP contribution in [-0.2, 0) is 12.4 Å². The number of likely N-dealkylation sites (N-methyl/N-ethyl adjacent to an activating group) is 1. The van der Waals surface area contributed by atoms with Crippen LogP contribution in [0.1, 0.15) is 39.4 Å². The van der Waals surface area contributed by atoms with E-state index < -0.39 is 64.6 Å². The molecule has 35 heavy (non-hydrogen) atoms. The van der Waals surface area contributed by atoms with Crippen molar-refractivity contribution in [2.45, 2.75) is 30.7 Å². The molecule has 1 saturated heterocycles. The van der Waals surface area contributed by atoms with Gasteiger partial charge in [0.2, 0.25) is 0 Å². The van der Waals surface area contributed by atoms with Gasteiger partial charge < -0.3 is 14.9 Å². The normalized spacial score (nSPS) is 18.9. The molecule has 1 heterocycles. The zero-order valence-corrected chi connectivity index (χ0v) is 17.9. The van der Waals surface area contributed by atoms with Crippen molar-refractivity contribution in [2.24, 2.45) is 0 Å². The third-order valence-corrected chi connectivity index (χ3v) is 5.87. The predicted octanol–water partition coefficient (Wildman–Crippen LogP) is 5.61. The Labute approximate surface area is 193 Å². The molecule has 2 aromatic rings. The molecule has 3 rings (SSSR count). The Morgan fingerprint density at radius 3 is 2.00 bits per heavy atom. The topological polar surface area (TPSA) is 60.9 Å². The summed E-state index contributed by atoms with van der Waals surface area (Å²) >= 11 is 0. The van der Waals surface area contributed by atoms with Crippen LogP contribution < -0.4 is 0 Å². The highest BCUT2D eigenvalue weighted by molar-refractivity contribution is 5.95. The standard InChI is InChI=1S/C22H18F8N2O3/c1-31(19(33)12-6-13(21(25,26)27)9-14(7-12)22(28,29)30)18-4-5-32(20(34)35)10-15(18)11-2-3-16(23)17(24)8-11/h2-3,6-9,15,18H,4-5,10H2,1H3,(H,34,35)/t15-,18+/m0/s1. The summed E-state index contributed by atoms with van der Waals surface area (Å²) in [6.07, 6.45) is -11.7. The lowest BCUT2D eigenvalue weighted by atomic mass is 9.84. The number of rotatable bonds is 3. The molecular weight excluding hydrogens is 492 g/mol. The van der Waals surface area contributed by atoms with Gasteiger partial charge in [0.05, 0.1) is 11.1 Å². The molecule has 1 N–H and O–H groups in total. The van der Waals surface area contributed by atoms with Crippen molar-refractivity contribution in [2.75, 3.05) is 20.1 Å². The van der Waals surface area contributed by atoms with Gasteiger partial charge >= 0.3 is 18.4 Å². The summed E-state index contributed by atoms with van der Waals surface area (Å²) in [4.78, 5) is 26.4. The highest BCUT2D eigenvalue weighted by Gasteiger charge is 2.40. The molecule has 0 aliphatic carbocycles. The van der Waals surface area contributed by atoms with Crippen molar-refractivity contribution in [3.63, 3.8) is 0 Å². The van der Waals surface area contributed by atoms with Crippen LogP contribution in [0, 0.1) is 11.6 Å². The number of hydrogen-bond donors (Lipinski definition) is 1. The first kappa shape index (κ1) is 26.2. The average Bonchev–Trinajstić information content (AvgIpc) is 2.78. The number of hydrogen-bond acceptors (Lipinski definition) is 2. The minimum Gasteiger partial charge on any atom is -0.465 e. The smallest absolute Gasteiger partial charge is 0.416 e. The molecular formula is C22H18F8N2O3. The van der Waals surface area contributed by atoms with Crippen molar-refractivity contribution in [3.05, 3.63) is 70.3 Å². The summed E-state index contributed by atoms with van der Waals surface area (Å²) in [6.45, 7) is -0.368. The van der Waals surface area contributed by atoms with Crippen LogP contribution in [0.5, 0.6) is 0 Å². The summed E-state index contributed by atoms with van der Waals surface area (Å²) in [5, 5.41) is 9.33. The van der Waals surface area contributed by atoms with E-state index >= 15 is 0 Å². The molecule has 0 saturated carbocycles. The van der Waals surface area contributed by atoms with Gasteiger partial charge in [-0.05, 0) is 42.3 Å². The predicted molar refractivity (Wildman–Crippen MR) is 106 cm³/mol. The van der Waals surface area contributed by atoms with Crippen LogP contribution in [-0.4, -0.2) is 53.1 Å². The number of alkyl halides is 6. The fourth-order valence-corrected chi connectivity index (χ4v) is 4.08. The number of likely N-dealkylation sites (tertiary alicyclic amines) is 1. The fourth-order valence-electron chi connectivity index (χ4n) is 4.08. The van der Waals surface area contributed by atoms with Crippen LogP contribution in [0.4, 0.5) is 39.9 Å². The Balaban J connectivity index is 2.02. The lowest BCUT2D eigenvalue weighted by molar-refractivity contribution is -0.143. The zero-order valence-electron chi connectivity index (χ0n) is 17.9. The van der Waals surface area contributed by atoms with E-state index in [2.05, 4.69) is 0 Å². The fraction of sp³-hybridized carbons (Fsp3) is 0.364. The van der Waals surface area contributed by atoms with Crippen LogP contribution >= 0.6 is 0 Å². The van der Waals surface area contributed by atoms with Crippen LogP contribution in [0.2, 0.25) is 0 Å². The minimum atomic E-state index is -5.16. The van der Waals surface area contributed by atoms with Gasteiger partial charge in [0.15, 0.2) is 11.6 Å². The Hall–Kier alpha value is -3.38. The second-order valence-electron chi connectivity index (χ2n) is 8.08. The summed E-state index contributed by atoms with van der Waals surface area (Å²) in [5.41, 5.74) is -4.09. The lowest BCUT2D eigenvalue weighted by Gasteiger charge is -2.42. The summed E-state index contributed by atoms with van der Waals surface area (Å²) in [7, 11) is 1.14. The van der Waals surface area contributed by atoms with Gasteiger partial charge in [-0.2, -0.15) is 26.3 Å². The molecule has 0 bridgehead atoms. The molecule has 0 aromatic heterocycles. The molecule has 5 nitrogen and oxygen atoms in total. The van der Waals surface area contributed by atoms with Crippen molar-refractivity contribution in [1.82, 2.24) is 9.80 Å². The first-order chi connectivity index (χ1) is 16.1. The second-order valence-corrected chi connectivity index (χ2v) is 8.08. The number of benzene rings is 2. The number of carbonyl (C=O) groups is 2. The van der Waals surface area contributed by atoms with E-state index in [4.69, 9.17) is 0 Å². The maximum atomic E-state index is 13.9. The largest absolute Gasteiger partial charge is 0.465 e. The van der Waals surface area contributed by atoms with Gasteiger partial charge in [0.25, 0.3) is 5.91 Å². The number of carboxylic acid groups (broad SMARTS) is 1. The quantitative estimate of drug-likeness (QED) is 0.547. The Morgan fingerprint density at radius 2 is 1.51 bits per heavy atom. The maximum absolute atomic E-state index is 13.9. The summed E-state index contributed by atoms with van der Waals surface area (Å²) in [6, 6.07) is 2.33. The van der Waals surface area contributed by atoms with Crippen LogP contribution in [0.3, 0.4) is 0 Å². The Kier molecular flexibility index (Phi) is 7.00. The van der Waals surface area contributed by atoms with Crippen molar-refractivity contribution < 1.29 is 49.8 Å². The Morgan fingerprint density at radius 1 is 0.943 bits per heavy atom. The molecule has 2 atom stereocenters. The summed E-state index contributed by atoms with van der Waals surface area (Å²) in [5.74, 6) is -4.53. The lowest BCUT2D eigenvalue weighted by Crippen LogP contribution is -2.51. The average molecular weight is 510 g/mol. The maximum Gasteiger partial charge on any atom is 0.416 e. The molecule has 1 aliphatic rings. The van der Waals surface area contributed by atoms with E-state index in [-0.39, 0.29) is 31.1 Å². The number of halogens is 8. The number of amides is 2. The second kappa shape index (κ2) is 9.34. The van der Waals surface area contributed by atoms with Crippen LogP contribution in [0.15, 0.2) is 36.4 Å². The third kappa shape index (κ3) is 5.65. The molecule has 190 valence electrons. The Bertz CT molecular complexity index is 1100. The van der Waals surface area contributed by atoms with Gasteiger partial charge in [-0.1, -0.05) is 6.07 Å². The van der Waals surface area contributed by atoms with Gasteiger partial charge in [-0.15, -0.1) is 0 Å². The van der Waals surface area contributed by atoms with E-state index in [0.29, 0.717) is 12.1 Å². The molecule has 0 radical (unpaired) electrons. The highest BCUT2D eigenvalue weighted by Crippen LogP contribution is 2.37. The van der Waals surface area contributed by atoms with Crippen molar-refractivity contribution >= 4 is 12.0 Å². The van der Waals surface area contributed by atoms with Gasteiger partial charge in [-0.3, -0.25) is 4.79 Å². The number of piperidine rings is 1. The van der Waals surface area contributed by atoms with Crippen molar-refractivity contribution in [1.29, 1.82) is 0 Å². The summed E-state index contributed by atoms with van der Waals surface area (Å²) < 4.78 is 107. The van der Waals surface area contributed by atoms with Gasteiger partial charge in [0.1, 0.15) is 0 Å². The molecule has 1 fully saturated rings. The van der Waals surface area contributed by atoms with Crippen molar-refractivity contribution in [3.8, 4) is 0 Å². The molecule has 13 heteroatoms. The van der Waals surface area contributed by atoms with Gasteiger partial charge in [0, 0.05) is 37.7 Å². The zero-order chi connectivity index (χ0) is 26.3. The van der Waals surface area contributed by atoms with E-state index in [1.165, 1.54) is 6.07 Å². The van der Waals surface area contributed by atoms with Gasteiger partial charge in [-0.25, -0.2) is 13.6 Å². The highest BCUT2D eigenvalue weighted by atomic mass is 19.4. The van der Waals surface area contributed by atoms with E-state index in [9.17, 15) is 49.8 Å². The molecule has 1 aliphatic heterocycles. The first-order valence-corrected chi connectivity index (χ1v) is 10.1. The van der Waals surface area contributed by atoms with E-state index in [0.717, 1.165) is 29.0 Å². The third-order valence-electron chi connectivity index (χ3n) is 5.87.